The van der Waals surface area contributed by atoms with Crippen LogP contribution in [0.1, 0.15) is 48.0 Å². The van der Waals surface area contributed by atoms with E-state index in [1.54, 1.807) is 65.8 Å². The van der Waals surface area contributed by atoms with Gasteiger partial charge in [0.15, 0.2) is 12.2 Å². The van der Waals surface area contributed by atoms with Crippen molar-refractivity contribution in [2.45, 2.75) is 77.9 Å². The number of ether oxygens (including phenoxy) is 5. The summed E-state index contributed by atoms with van der Waals surface area (Å²) in [4.78, 5) is 37.4. The van der Waals surface area contributed by atoms with E-state index in [0.717, 1.165) is 0 Å². The zero-order valence-electron chi connectivity index (χ0n) is 20.2. The molecule has 0 aromatic heterocycles. The van der Waals surface area contributed by atoms with Gasteiger partial charge in [0.1, 0.15) is 23.5 Å². The van der Waals surface area contributed by atoms with Gasteiger partial charge in [0.25, 0.3) is 0 Å². The Bertz CT molecular complexity index is 789. The van der Waals surface area contributed by atoms with E-state index in [1.807, 2.05) is 6.07 Å². The van der Waals surface area contributed by atoms with E-state index in [-0.39, 0.29) is 25.6 Å². The smallest absolute Gasteiger partial charge is 0.408 e. The monoisotopic (exact) mass is 465 g/mol. The molecule has 0 bridgehead atoms. The topological polar surface area (TPSA) is 109 Å². The minimum Gasteiger partial charge on any atom is -0.483 e. The molecule has 1 aromatic rings. The third kappa shape index (κ3) is 8.92. The van der Waals surface area contributed by atoms with Crippen LogP contribution in [0.5, 0.6) is 5.75 Å². The van der Waals surface area contributed by atoms with E-state index in [9.17, 15) is 14.4 Å². The molecule has 1 saturated heterocycles. The van der Waals surface area contributed by atoms with Gasteiger partial charge in [0, 0.05) is 13.0 Å². The summed E-state index contributed by atoms with van der Waals surface area (Å²) in [5.41, 5.74) is -0.712. The summed E-state index contributed by atoms with van der Waals surface area (Å²) in [6.45, 7) is 10.5. The number of hydrogen-bond donors (Lipinski definition) is 1. The van der Waals surface area contributed by atoms with E-state index in [1.165, 1.54) is 0 Å². The molecule has 0 saturated carbocycles. The quantitative estimate of drug-likeness (QED) is 0.521. The molecule has 1 fully saturated rings. The number of esters is 2. The normalized spacial score (nSPS) is 24.4. The fourth-order valence-corrected chi connectivity index (χ4v) is 3.04. The number of carbonyl (C=O) groups excluding carboxylic acids is 3. The van der Waals surface area contributed by atoms with Gasteiger partial charge in [0.2, 0.25) is 0 Å². The van der Waals surface area contributed by atoms with E-state index >= 15 is 0 Å². The first kappa shape index (κ1) is 26.4. The molecule has 184 valence electrons. The van der Waals surface area contributed by atoms with Gasteiger partial charge in [-0.05, 0) is 39.8 Å². The summed E-state index contributed by atoms with van der Waals surface area (Å²) >= 11 is 0. The number of amides is 1. The van der Waals surface area contributed by atoms with Gasteiger partial charge < -0.3 is 29.0 Å². The second-order valence-corrected chi connectivity index (χ2v) is 9.23. The molecule has 2 rings (SSSR count). The Morgan fingerprint density at radius 1 is 1.15 bits per heavy atom. The molecule has 1 amide bonds. The third-order valence-corrected chi connectivity index (χ3v) is 4.69. The number of alkyl carbamates (subject to hydrolysis) is 1. The van der Waals surface area contributed by atoms with Gasteiger partial charge in [-0.2, -0.15) is 0 Å². The molecular formula is C24H35NO8. The van der Waals surface area contributed by atoms with E-state index in [0.29, 0.717) is 5.75 Å². The van der Waals surface area contributed by atoms with Crippen LogP contribution in [-0.4, -0.2) is 61.2 Å². The first-order chi connectivity index (χ1) is 15.5. The van der Waals surface area contributed by atoms with Crippen molar-refractivity contribution in [3.05, 3.63) is 30.3 Å². The maximum absolute atomic E-state index is 12.9. The van der Waals surface area contributed by atoms with Crippen LogP contribution in [0.2, 0.25) is 0 Å². The number of rotatable bonds is 5. The fraction of sp³-hybridized carbons (Fsp3) is 0.625. The van der Waals surface area contributed by atoms with Crippen LogP contribution in [0.25, 0.3) is 0 Å². The van der Waals surface area contributed by atoms with Crippen molar-refractivity contribution < 1.29 is 38.1 Å². The summed E-state index contributed by atoms with van der Waals surface area (Å²) in [5, 5.41) is 2.54. The molecule has 0 spiro atoms. The van der Waals surface area contributed by atoms with Gasteiger partial charge in [-0.25, -0.2) is 9.59 Å². The highest BCUT2D eigenvalue weighted by molar-refractivity contribution is 5.81. The largest absolute Gasteiger partial charge is 0.483 e. The molecule has 0 aliphatic carbocycles. The van der Waals surface area contributed by atoms with Crippen LogP contribution in [0.3, 0.4) is 0 Å². The van der Waals surface area contributed by atoms with Gasteiger partial charge in [0.05, 0.1) is 12.5 Å². The van der Waals surface area contributed by atoms with Crippen LogP contribution < -0.4 is 10.1 Å². The Labute approximate surface area is 195 Å². The lowest BCUT2D eigenvalue weighted by Gasteiger charge is -2.34. The Morgan fingerprint density at radius 2 is 1.82 bits per heavy atom. The SMILES string of the molecule is CC(C)C(=O)O[C@H]1COCC[C@H](NC(=O)OC(C)(C)C)C(=O)O[C@@H](C)[C@@H]1Oc1ccccc1. The fourth-order valence-electron chi connectivity index (χ4n) is 3.04. The van der Waals surface area contributed by atoms with Crippen LogP contribution in [0.15, 0.2) is 30.3 Å². The lowest BCUT2D eigenvalue weighted by atomic mass is 10.1. The van der Waals surface area contributed by atoms with Crippen molar-refractivity contribution >= 4 is 18.0 Å². The zero-order valence-corrected chi connectivity index (χ0v) is 20.2. The summed E-state index contributed by atoms with van der Waals surface area (Å²) < 4.78 is 28.3. The predicted molar refractivity (Wildman–Crippen MR) is 120 cm³/mol. The second-order valence-electron chi connectivity index (χ2n) is 9.23. The van der Waals surface area contributed by atoms with Crippen LogP contribution >= 0.6 is 0 Å². The van der Waals surface area contributed by atoms with Crippen molar-refractivity contribution in [1.82, 2.24) is 5.32 Å². The number of para-hydroxylation sites is 1. The molecule has 0 unspecified atom stereocenters. The first-order valence-corrected chi connectivity index (χ1v) is 11.2. The van der Waals surface area contributed by atoms with Crippen molar-refractivity contribution in [3.63, 3.8) is 0 Å². The first-order valence-electron chi connectivity index (χ1n) is 11.2. The van der Waals surface area contributed by atoms with Crippen molar-refractivity contribution in [2.75, 3.05) is 13.2 Å². The standard InChI is InChI=1S/C24H35NO8/c1-15(2)21(26)32-19-14-29-13-12-18(25-23(28)33-24(4,5)6)22(27)30-16(3)20(19)31-17-10-8-7-9-11-17/h7-11,15-16,18-20H,12-14H2,1-6H3,(H,25,28)/t16-,18-,19-,20-/m0/s1. The number of carbonyl (C=O) groups is 3. The Balaban J connectivity index is 2.21. The summed E-state index contributed by atoms with van der Waals surface area (Å²) in [6, 6.07) is 7.99. The molecule has 1 heterocycles. The highest BCUT2D eigenvalue weighted by atomic mass is 16.6. The Kier molecular flexibility index (Phi) is 9.52. The van der Waals surface area contributed by atoms with E-state index in [4.69, 9.17) is 23.7 Å². The summed E-state index contributed by atoms with van der Waals surface area (Å²) in [6.07, 6.45) is -3.01. The zero-order chi connectivity index (χ0) is 24.6. The highest BCUT2D eigenvalue weighted by Crippen LogP contribution is 2.21. The van der Waals surface area contributed by atoms with Crippen molar-refractivity contribution in [3.8, 4) is 5.75 Å². The van der Waals surface area contributed by atoms with Crippen LogP contribution in [-0.2, 0) is 28.5 Å². The molecule has 4 atom stereocenters. The van der Waals surface area contributed by atoms with Crippen LogP contribution in [0, 0.1) is 5.92 Å². The number of hydrogen-bond acceptors (Lipinski definition) is 8. The Morgan fingerprint density at radius 3 is 2.42 bits per heavy atom. The number of benzene rings is 1. The molecule has 1 aliphatic rings. The average molecular weight is 466 g/mol. The summed E-state index contributed by atoms with van der Waals surface area (Å²) in [5.74, 6) is -0.894. The predicted octanol–water partition coefficient (Wildman–Crippen LogP) is 3.25. The van der Waals surface area contributed by atoms with Crippen molar-refractivity contribution in [1.29, 1.82) is 0 Å². The molecule has 1 aromatic carbocycles. The maximum atomic E-state index is 12.9. The second kappa shape index (κ2) is 11.9. The molecule has 33 heavy (non-hydrogen) atoms. The van der Waals surface area contributed by atoms with E-state index < -0.39 is 48.0 Å². The molecule has 1 N–H and O–H groups in total. The third-order valence-electron chi connectivity index (χ3n) is 4.69. The lowest BCUT2D eigenvalue weighted by Crippen LogP contribution is -2.52. The minimum atomic E-state index is -0.963. The van der Waals surface area contributed by atoms with Gasteiger partial charge >= 0.3 is 18.0 Å². The Hall–Kier alpha value is -2.81. The summed E-state index contributed by atoms with van der Waals surface area (Å²) in [7, 11) is 0. The lowest BCUT2D eigenvalue weighted by molar-refractivity contribution is -0.177. The molecular weight excluding hydrogens is 430 g/mol. The average Bonchev–Trinajstić information content (AvgIpc) is 2.71. The maximum Gasteiger partial charge on any atom is 0.408 e. The molecule has 9 nitrogen and oxygen atoms in total. The van der Waals surface area contributed by atoms with Gasteiger partial charge in [-0.1, -0.05) is 32.0 Å². The highest BCUT2D eigenvalue weighted by Gasteiger charge is 2.38. The number of cyclic esters (lactones) is 1. The van der Waals surface area contributed by atoms with E-state index in [2.05, 4.69) is 5.32 Å². The number of nitrogens with one attached hydrogen (secondary N) is 1. The van der Waals surface area contributed by atoms with Crippen molar-refractivity contribution in [2.24, 2.45) is 5.92 Å². The molecule has 1 aliphatic heterocycles. The minimum absolute atomic E-state index is 0.0387. The molecule has 0 radical (unpaired) electrons. The van der Waals surface area contributed by atoms with Gasteiger partial charge in [-0.3, -0.25) is 4.79 Å². The van der Waals surface area contributed by atoms with Gasteiger partial charge in [-0.15, -0.1) is 0 Å². The molecule has 9 heteroatoms. The van der Waals surface area contributed by atoms with Crippen LogP contribution in [0.4, 0.5) is 4.79 Å².